The van der Waals surface area contributed by atoms with Crippen LogP contribution in [0.3, 0.4) is 0 Å². The van der Waals surface area contributed by atoms with E-state index in [-0.39, 0.29) is 0 Å². The van der Waals surface area contributed by atoms with Gasteiger partial charge in [-0.25, -0.2) is 15.0 Å². The molecule has 0 spiro atoms. The van der Waals surface area contributed by atoms with Crippen molar-refractivity contribution in [2.45, 2.75) is 0 Å². The zero-order valence-electron chi connectivity index (χ0n) is 28.7. The van der Waals surface area contributed by atoms with Gasteiger partial charge in [0.1, 0.15) is 0 Å². The Balaban J connectivity index is 1.36. The van der Waals surface area contributed by atoms with E-state index in [1.807, 2.05) is 48.5 Å². The van der Waals surface area contributed by atoms with Gasteiger partial charge in [-0.3, -0.25) is 9.47 Å². The number of rotatable bonds is 5. The highest BCUT2D eigenvalue weighted by atomic mass is 15.5. The van der Waals surface area contributed by atoms with Crippen LogP contribution in [0, 0.1) is 0 Å². The fourth-order valence-electron chi connectivity index (χ4n) is 7.50. The van der Waals surface area contributed by atoms with Crippen LogP contribution in [0.25, 0.3) is 55.6 Å². The van der Waals surface area contributed by atoms with Crippen LogP contribution in [0.5, 0.6) is 0 Å². The van der Waals surface area contributed by atoms with Gasteiger partial charge in [0.05, 0.1) is 33.6 Å². The lowest BCUT2D eigenvalue weighted by Gasteiger charge is -2.27. The molecule has 0 bridgehead atoms. The molecule has 9 aromatic rings. The number of hydrazone groups is 1. The molecule has 0 amide bonds. The minimum atomic E-state index is 0.581. The highest BCUT2D eigenvalue weighted by molar-refractivity contribution is 6.22. The number of benzene rings is 7. The van der Waals surface area contributed by atoms with Crippen molar-refractivity contribution < 1.29 is 0 Å². The van der Waals surface area contributed by atoms with E-state index >= 15 is 0 Å². The van der Waals surface area contributed by atoms with Crippen LogP contribution in [0.1, 0.15) is 11.1 Å². The number of nitrogens with zero attached hydrogens (tertiary/aromatic N) is 6. The van der Waals surface area contributed by atoms with Gasteiger partial charge in [0.2, 0.25) is 5.95 Å². The zero-order chi connectivity index (χ0) is 35.3. The molecular formula is C47H32N6. The monoisotopic (exact) mass is 680 g/mol. The number of aromatic nitrogens is 3. The minimum Gasteiger partial charge on any atom is -0.293 e. The van der Waals surface area contributed by atoms with E-state index in [1.54, 1.807) is 0 Å². The molecule has 0 atom stereocenters. The lowest BCUT2D eigenvalue weighted by Crippen LogP contribution is -2.30. The van der Waals surface area contributed by atoms with E-state index in [0.29, 0.717) is 5.95 Å². The Morgan fingerprint density at radius 1 is 0.472 bits per heavy atom. The van der Waals surface area contributed by atoms with Crippen molar-refractivity contribution in [3.8, 4) is 17.2 Å². The molecule has 0 saturated carbocycles. The summed E-state index contributed by atoms with van der Waals surface area (Å²) in [5.41, 5.74) is 10.2. The fraction of sp³-hybridized carbons (Fsp3) is 0. The van der Waals surface area contributed by atoms with Crippen LogP contribution < -0.4 is 9.91 Å². The third-order valence-corrected chi connectivity index (χ3v) is 9.89. The second kappa shape index (κ2) is 12.5. The van der Waals surface area contributed by atoms with E-state index in [1.165, 1.54) is 0 Å². The number of para-hydroxylation sites is 4. The van der Waals surface area contributed by atoms with Crippen molar-refractivity contribution in [2.24, 2.45) is 5.10 Å². The Bertz CT molecular complexity index is 2850. The molecule has 1 aliphatic heterocycles. The van der Waals surface area contributed by atoms with Gasteiger partial charge in [0.25, 0.3) is 0 Å². The summed E-state index contributed by atoms with van der Waals surface area (Å²) in [4.78, 5) is 12.8. The normalized spacial score (nSPS) is 13.0. The molecule has 3 heterocycles. The predicted octanol–water partition coefficient (Wildman–Crippen LogP) is 11.4. The third kappa shape index (κ3) is 5.00. The largest absolute Gasteiger partial charge is 0.293 e. The van der Waals surface area contributed by atoms with Crippen LogP contribution in [-0.4, -0.2) is 20.4 Å². The molecule has 0 aliphatic carbocycles. The maximum atomic E-state index is 5.60. The van der Waals surface area contributed by atoms with Crippen molar-refractivity contribution in [3.05, 3.63) is 200 Å². The summed E-state index contributed by atoms with van der Waals surface area (Å²) in [6, 6.07) is 62.5. The Morgan fingerprint density at radius 3 is 1.77 bits per heavy atom. The van der Waals surface area contributed by atoms with Gasteiger partial charge in [0, 0.05) is 44.2 Å². The molecule has 0 radical (unpaired) electrons. The summed E-state index contributed by atoms with van der Waals surface area (Å²) in [6.45, 7) is 4.81. The average Bonchev–Trinajstić information content (AvgIpc) is 3.50. The number of amidine groups is 1. The van der Waals surface area contributed by atoms with Gasteiger partial charge in [0.15, 0.2) is 5.84 Å². The van der Waals surface area contributed by atoms with Gasteiger partial charge in [-0.05, 0) is 42.5 Å². The maximum Gasteiger partial charge on any atom is 0.235 e. The zero-order valence-corrected chi connectivity index (χ0v) is 28.7. The quantitative estimate of drug-likeness (QED) is 0.182. The Labute approximate surface area is 306 Å². The summed E-state index contributed by atoms with van der Waals surface area (Å²) in [5, 5.41) is 10.8. The van der Waals surface area contributed by atoms with Gasteiger partial charge in [-0.15, -0.1) is 5.10 Å². The maximum absolute atomic E-state index is 5.60. The summed E-state index contributed by atoms with van der Waals surface area (Å²) < 4.78 is 2.21. The predicted molar refractivity (Wildman–Crippen MR) is 219 cm³/mol. The molecule has 0 saturated heterocycles. The first-order valence-corrected chi connectivity index (χ1v) is 17.7. The summed E-state index contributed by atoms with van der Waals surface area (Å²) >= 11 is 0. The van der Waals surface area contributed by atoms with Crippen molar-refractivity contribution >= 4 is 61.3 Å². The molecule has 7 aromatic carbocycles. The number of fused-ring (bicyclic) bond motifs is 6. The highest BCUT2D eigenvalue weighted by Gasteiger charge is 2.32. The Morgan fingerprint density at radius 2 is 1.06 bits per heavy atom. The van der Waals surface area contributed by atoms with Crippen molar-refractivity contribution in [2.75, 3.05) is 9.91 Å². The lowest BCUT2D eigenvalue weighted by molar-refractivity contribution is 1.00. The van der Waals surface area contributed by atoms with Crippen LogP contribution in [0.15, 0.2) is 194 Å². The molecule has 53 heavy (non-hydrogen) atoms. The molecule has 2 aromatic heterocycles. The number of hydrogen-bond acceptors (Lipinski definition) is 5. The molecule has 6 nitrogen and oxygen atoms in total. The number of anilines is 3. The van der Waals surface area contributed by atoms with E-state index < -0.39 is 0 Å². The van der Waals surface area contributed by atoms with Crippen LogP contribution in [-0.2, 0) is 0 Å². The summed E-state index contributed by atoms with van der Waals surface area (Å²) in [6.07, 6.45) is 0. The standard InChI is InChI=1S/C47H32N6/c1-32-37-30-31-39-38-26-15-17-29-42(38)52(47-48-41-28-16-14-27-40(41)43(49-47)33-18-6-2-7-19-33)44(39)45(37)53(36-24-12-5-13-25-36)50-46(34-20-8-3-9-21-34)51(32)35-22-10-4-11-23-35/h2-31H,1H2. The first-order valence-electron chi connectivity index (χ1n) is 17.7. The average molecular weight is 681 g/mol. The smallest absolute Gasteiger partial charge is 0.235 e. The van der Waals surface area contributed by atoms with E-state index in [2.05, 4.69) is 148 Å². The van der Waals surface area contributed by atoms with Gasteiger partial charge in [-0.2, -0.15) is 0 Å². The van der Waals surface area contributed by atoms with Crippen molar-refractivity contribution in [1.82, 2.24) is 14.5 Å². The first kappa shape index (κ1) is 30.5. The summed E-state index contributed by atoms with van der Waals surface area (Å²) in [7, 11) is 0. The fourth-order valence-corrected chi connectivity index (χ4v) is 7.50. The lowest BCUT2D eigenvalue weighted by atomic mass is 10.0. The molecule has 1 aliphatic rings. The highest BCUT2D eigenvalue weighted by Crippen LogP contribution is 2.47. The van der Waals surface area contributed by atoms with Crippen molar-refractivity contribution in [3.63, 3.8) is 0 Å². The van der Waals surface area contributed by atoms with Gasteiger partial charge in [-0.1, -0.05) is 146 Å². The minimum absolute atomic E-state index is 0.581. The first-order chi connectivity index (χ1) is 26.2. The third-order valence-electron chi connectivity index (χ3n) is 9.89. The Kier molecular flexibility index (Phi) is 7.18. The molecule has 0 N–H and O–H groups in total. The second-order valence-corrected chi connectivity index (χ2v) is 13.0. The van der Waals surface area contributed by atoms with E-state index in [0.717, 1.165) is 83.7 Å². The molecule has 0 unspecified atom stereocenters. The molecular weight excluding hydrogens is 649 g/mol. The molecule has 10 rings (SSSR count). The van der Waals surface area contributed by atoms with E-state index in [4.69, 9.17) is 21.6 Å². The molecule has 250 valence electrons. The summed E-state index contributed by atoms with van der Waals surface area (Å²) in [5.74, 6) is 1.34. The SMILES string of the molecule is C=C1c2ccc3c4ccccc4n(-c4nc(-c5ccccc5)c5ccccc5n4)c3c2N(c2ccccc2)N=C(c2ccccc2)N1c1ccccc1. The van der Waals surface area contributed by atoms with Gasteiger partial charge >= 0.3 is 0 Å². The van der Waals surface area contributed by atoms with Crippen LogP contribution in [0.2, 0.25) is 0 Å². The van der Waals surface area contributed by atoms with Crippen molar-refractivity contribution in [1.29, 1.82) is 0 Å². The second-order valence-electron chi connectivity index (χ2n) is 13.0. The topological polar surface area (TPSA) is 49.6 Å². The molecule has 0 fully saturated rings. The van der Waals surface area contributed by atoms with Gasteiger partial charge < -0.3 is 0 Å². The van der Waals surface area contributed by atoms with Crippen LogP contribution in [0.4, 0.5) is 17.1 Å². The van der Waals surface area contributed by atoms with Crippen LogP contribution >= 0.6 is 0 Å². The molecule has 6 heteroatoms. The number of hydrogen-bond donors (Lipinski definition) is 0. The van der Waals surface area contributed by atoms with E-state index in [9.17, 15) is 0 Å². The Hall–Kier alpha value is -7.31.